The summed E-state index contributed by atoms with van der Waals surface area (Å²) < 4.78 is 12.7. The van der Waals surface area contributed by atoms with E-state index in [4.69, 9.17) is 14.6 Å². The number of fused-ring (bicyclic) bond motifs is 1. The molecule has 0 aliphatic carbocycles. The first kappa shape index (κ1) is 23.2. The molecule has 2 heterocycles. The van der Waals surface area contributed by atoms with Crippen molar-refractivity contribution in [1.29, 1.82) is 0 Å². The minimum atomic E-state index is -0.309. The van der Waals surface area contributed by atoms with Crippen LogP contribution < -0.4 is 14.8 Å². The van der Waals surface area contributed by atoms with Gasteiger partial charge in [0.15, 0.2) is 11.5 Å². The van der Waals surface area contributed by atoms with Gasteiger partial charge in [0.05, 0.1) is 11.4 Å². The highest BCUT2D eigenvalue weighted by Gasteiger charge is 2.24. The molecule has 0 fully saturated rings. The highest BCUT2D eigenvalue weighted by atomic mass is 16.6. The molecule has 0 atom stereocenters. The van der Waals surface area contributed by atoms with Crippen LogP contribution >= 0.6 is 0 Å². The highest BCUT2D eigenvalue weighted by molar-refractivity contribution is 5.99. The first-order valence-corrected chi connectivity index (χ1v) is 11.8. The maximum absolute atomic E-state index is 13.6. The molecule has 182 valence electrons. The molecule has 0 bridgehead atoms. The first-order valence-electron chi connectivity index (χ1n) is 11.8. The number of ether oxygens (including phenoxy) is 2. The molecule has 0 saturated heterocycles. The van der Waals surface area contributed by atoms with E-state index in [-0.39, 0.29) is 18.4 Å². The van der Waals surface area contributed by atoms with Crippen LogP contribution in [0.4, 0.5) is 5.69 Å². The minimum absolute atomic E-state index is 0.107. The van der Waals surface area contributed by atoms with Crippen LogP contribution in [0.15, 0.2) is 84.9 Å². The molecule has 36 heavy (non-hydrogen) atoms. The molecule has 4 aromatic rings. The number of hydrogen-bond donors (Lipinski definition) is 1. The highest BCUT2D eigenvalue weighted by Crippen LogP contribution is 2.32. The number of hydrogen-bond acceptors (Lipinski definition) is 5. The van der Waals surface area contributed by atoms with E-state index in [0.717, 1.165) is 11.3 Å². The summed E-state index contributed by atoms with van der Waals surface area (Å²) >= 11 is 0. The molecule has 0 radical (unpaired) electrons. The summed E-state index contributed by atoms with van der Waals surface area (Å²) in [4.78, 5) is 28.0. The summed E-state index contributed by atoms with van der Waals surface area (Å²) in [6, 6.07) is 26.2. The van der Waals surface area contributed by atoms with Crippen molar-refractivity contribution >= 4 is 17.5 Å². The van der Waals surface area contributed by atoms with Crippen LogP contribution in [-0.4, -0.2) is 52.8 Å². The Morgan fingerprint density at radius 2 is 1.61 bits per heavy atom. The number of rotatable bonds is 7. The molecule has 5 rings (SSSR count). The van der Waals surface area contributed by atoms with Gasteiger partial charge in [-0.05, 0) is 37.3 Å². The zero-order valence-electron chi connectivity index (χ0n) is 19.9. The van der Waals surface area contributed by atoms with Gasteiger partial charge in [0, 0.05) is 23.9 Å². The van der Waals surface area contributed by atoms with Gasteiger partial charge in [-0.25, -0.2) is 4.68 Å². The van der Waals surface area contributed by atoms with Gasteiger partial charge in [0.1, 0.15) is 25.5 Å². The third-order valence-corrected chi connectivity index (χ3v) is 5.83. The fourth-order valence-corrected chi connectivity index (χ4v) is 4.03. The lowest BCUT2D eigenvalue weighted by atomic mass is 10.1. The lowest BCUT2D eigenvalue weighted by molar-refractivity contribution is -0.116. The number of nitrogens with zero attached hydrogens (tertiary/aromatic N) is 3. The quantitative estimate of drug-likeness (QED) is 0.422. The average molecular weight is 483 g/mol. The predicted octanol–water partition coefficient (Wildman–Crippen LogP) is 4.41. The van der Waals surface area contributed by atoms with E-state index < -0.39 is 0 Å². The van der Waals surface area contributed by atoms with Gasteiger partial charge < -0.3 is 19.7 Å². The number of carbonyl (C=O) groups excluding carboxylic acids is 2. The number of anilines is 1. The smallest absolute Gasteiger partial charge is 0.273 e. The summed E-state index contributed by atoms with van der Waals surface area (Å²) in [6.07, 6.45) is 0. The molecular formula is C28H26N4O4. The Kier molecular flexibility index (Phi) is 6.66. The van der Waals surface area contributed by atoms with Crippen molar-refractivity contribution in [2.24, 2.45) is 0 Å². The average Bonchev–Trinajstić information content (AvgIpc) is 3.38. The van der Waals surface area contributed by atoms with Gasteiger partial charge in [-0.15, -0.1) is 0 Å². The normalized spacial score (nSPS) is 12.1. The number of benzene rings is 3. The van der Waals surface area contributed by atoms with Gasteiger partial charge in [-0.1, -0.05) is 48.5 Å². The van der Waals surface area contributed by atoms with Gasteiger partial charge in [0.2, 0.25) is 5.91 Å². The molecule has 1 aliphatic heterocycles. The van der Waals surface area contributed by atoms with Crippen LogP contribution in [0.1, 0.15) is 17.4 Å². The van der Waals surface area contributed by atoms with Gasteiger partial charge in [-0.3, -0.25) is 9.59 Å². The molecule has 8 nitrogen and oxygen atoms in total. The summed E-state index contributed by atoms with van der Waals surface area (Å²) in [7, 11) is 0. The van der Waals surface area contributed by atoms with Crippen molar-refractivity contribution < 1.29 is 19.1 Å². The fraction of sp³-hybridized carbons (Fsp3) is 0.179. The van der Waals surface area contributed by atoms with Crippen molar-refractivity contribution in [2.45, 2.75) is 6.92 Å². The monoisotopic (exact) mass is 482 g/mol. The molecular weight excluding hydrogens is 456 g/mol. The SMILES string of the molecule is CCN(CC(=O)Nc1ccc2c(c1)OCCO2)C(=O)c1cc(-c2ccccc2)nn1-c1ccccc1. The summed E-state index contributed by atoms with van der Waals surface area (Å²) in [5.41, 5.74) is 3.31. The molecule has 3 aromatic carbocycles. The topological polar surface area (TPSA) is 85.7 Å². The van der Waals surface area contributed by atoms with Crippen LogP contribution in [0.2, 0.25) is 0 Å². The molecule has 1 N–H and O–H groups in total. The van der Waals surface area contributed by atoms with E-state index in [2.05, 4.69) is 5.32 Å². The van der Waals surface area contributed by atoms with Crippen molar-refractivity contribution in [3.05, 3.63) is 90.6 Å². The second-order valence-corrected chi connectivity index (χ2v) is 8.25. The summed E-state index contributed by atoms with van der Waals surface area (Å²) in [5.74, 6) is 0.639. The lowest BCUT2D eigenvalue weighted by Crippen LogP contribution is -2.38. The first-order chi connectivity index (χ1) is 17.6. The van der Waals surface area contributed by atoms with E-state index in [0.29, 0.717) is 48.3 Å². The number of aromatic nitrogens is 2. The zero-order chi connectivity index (χ0) is 24.9. The van der Waals surface area contributed by atoms with E-state index in [9.17, 15) is 9.59 Å². The van der Waals surface area contributed by atoms with Crippen LogP contribution in [0.25, 0.3) is 16.9 Å². The minimum Gasteiger partial charge on any atom is -0.486 e. The second-order valence-electron chi connectivity index (χ2n) is 8.25. The Bertz CT molecular complexity index is 1370. The van der Waals surface area contributed by atoms with Crippen LogP contribution in [0.3, 0.4) is 0 Å². The molecule has 1 aliphatic rings. The van der Waals surface area contributed by atoms with Crippen LogP contribution in [0.5, 0.6) is 11.5 Å². The standard InChI is InChI=1S/C28H26N4O4/c1-2-31(19-27(33)29-21-13-14-25-26(17-21)36-16-15-35-25)28(34)24-18-23(20-9-5-3-6-10-20)30-32(24)22-11-7-4-8-12-22/h3-14,17-18H,2,15-16,19H2,1H3,(H,29,33). The van der Waals surface area contributed by atoms with Crippen LogP contribution in [-0.2, 0) is 4.79 Å². The summed E-state index contributed by atoms with van der Waals surface area (Å²) in [5, 5.41) is 7.57. The Hall–Kier alpha value is -4.59. The number of likely N-dealkylation sites (N-methyl/N-ethyl adjacent to an activating group) is 1. The summed E-state index contributed by atoms with van der Waals surface area (Å²) in [6.45, 7) is 3.05. The number of carbonyl (C=O) groups is 2. The van der Waals surface area contributed by atoms with Gasteiger partial charge >= 0.3 is 0 Å². The van der Waals surface area contributed by atoms with E-state index in [1.807, 2.05) is 67.6 Å². The Morgan fingerprint density at radius 1 is 0.917 bits per heavy atom. The Labute approximate surface area is 209 Å². The molecule has 0 unspecified atom stereocenters. The molecule has 0 spiro atoms. The molecule has 1 aromatic heterocycles. The van der Waals surface area contributed by atoms with Crippen LogP contribution in [0, 0.1) is 0 Å². The van der Waals surface area contributed by atoms with Crippen molar-refractivity contribution in [3.8, 4) is 28.4 Å². The largest absolute Gasteiger partial charge is 0.486 e. The predicted molar refractivity (Wildman–Crippen MR) is 137 cm³/mol. The Morgan fingerprint density at radius 3 is 2.33 bits per heavy atom. The van der Waals surface area contributed by atoms with E-state index in [1.165, 1.54) is 4.90 Å². The maximum atomic E-state index is 13.6. The number of nitrogens with one attached hydrogen (secondary N) is 1. The van der Waals surface area contributed by atoms with E-state index in [1.54, 1.807) is 28.9 Å². The number of para-hydroxylation sites is 1. The van der Waals surface area contributed by atoms with Crippen molar-refractivity contribution in [2.75, 3.05) is 31.6 Å². The fourth-order valence-electron chi connectivity index (χ4n) is 4.03. The molecule has 0 saturated carbocycles. The van der Waals surface area contributed by atoms with E-state index >= 15 is 0 Å². The van der Waals surface area contributed by atoms with Gasteiger partial charge in [0.25, 0.3) is 5.91 Å². The zero-order valence-corrected chi connectivity index (χ0v) is 19.9. The maximum Gasteiger partial charge on any atom is 0.273 e. The second kappa shape index (κ2) is 10.4. The third kappa shape index (κ3) is 4.93. The number of amides is 2. The third-order valence-electron chi connectivity index (χ3n) is 5.83. The molecule has 2 amide bonds. The van der Waals surface area contributed by atoms with Crippen molar-refractivity contribution in [3.63, 3.8) is 0 Å². The van der Waals surface area contributed by atoms with Crippen molar-refractivity contribution in [1.82, 2.24) is 14.7 Å². The Balaban J connectivity index is 1.38. The lowest BCUT2D eigenvalue weighted by Gasteiger charge is -2.21. The van der Waals surface area contributed by atoms with Gasteiger partial charge in [-0.2, -0.15) is 5.10 Å². The molecule has 8 heteroatoms.